The molecule has 1 aromatic rings. The molecule has 0 radical (unpaired) electrons. The van der Waals surface area contributed by atoms with Crippen molar-refractivity contribution in [2.75, 3.05) is 0 Å². The van der Waals surface area contributed by atoms with Crippen LogP contribution in [0.3, 0.4) is 0 Å². The average Bonchev–Trinajstić information content (AvgIpc) is 3.72. The van der Waals surface area contributed by atoms with Crippen molar-refractivity contribution < 1.29 is 0 Å². The van der Waals surface area contributed by atoms with Crippen molar-refractivity contribution in [2.45, 2.75) is 153 Å². The van der Waals surface area contributed by atoms with Crippen molar-refractivity contribution in [3.63, 3.8) is 0 Å². The van der Waals surface area contributed by atoms with E-state index in [-0.39, 0.29) is 0 Å². The zero-order chi connectivity index (χ0) is 29.9. The summed E-state index contributed by atoms with van der Waals surface area (Å²) in [5.41, 5.74) is 1.13. The Morgan fingerprint density at radius 1 is 0.500 bits per heavy atom. The van der Waals surface area contributed by atoms with E-state index in [2.05, 4.69) is 62.6 Å². The first kappa shape index (κ1) is 30.6. The predicted octanol–water partition coefficient (Wildman–Crippen LogP) is 9.10. The molecule has 0 aromatic heterocycles. The van der Waals surface area contributed by atoms with Crippen molar-refractivity contribution in [1.29, 1.82) is 0 Å². The second-order valence-electron chi connectivity index (χ2n) is 14.2. The van der Waals surface area contributed by atoms with Gasteiger partial charge in [-0.3, -0.25) is 0 Å². The monoisotopic (exact) mass is 634 g/mol. The lowest BCUT2D eigenvalue weighted by Gasteiger charge is -2.40. The van der Waals surface area contributed by atoms with E-state index in [1.165, 1.54) is 150 Å². The second kappa shape index (κ2) is 14.2. The van der Waals surface area contributed by atoms with Crippen molar-refractivity contribution in [3.05, 3.63) is 63.5 Å². The Hall–Kier alpha value is -2.04. The number of nitrogens with zero attached hydrogens (tertiary/aromatic N) is 4. The van der Waals surface area contributed by atoms with Crippen LogP contribution in [0, 0.1) is 0 Å². The molecule has 6 aliphatic rings. The minimum Gasteiger partial charge on any atom is -0.329 e. The molecule has 4 saturated carbocycles. The molecule has 238 valence electrons. The summed E-state index contributed by atoms with van der Waals surface area (Å²) in [6, 6.07) is 9.08. The molecule has 0 amide bonds. The van der Waals surface area contributed by atoms with E-state index in [0.717, 1.165) is 5.56 Å². The van der Waals surface area contributed by atoms with Crippen LogP contribution in [0.5, 0.6) is 0 Å². The van der Waals surface area contributed by atoms with E-state index < -0.39 is 0 Å². The quantitative estimate of drug-likeness (QED) is 0.320. The molecule has 2 aliphatic heterocycles. The molecule has 4 nitrogen and oxygen atoms in total. The first-order valence-electron chi connectivity index (χ1n) is 18.1. The molecule has 4 aliphatic carbocycles. The molecule has 4 fully saturated rings. The van der Waals surface area contributed by atoms with Crippen molar-refractivity contribution >= 4 is 40.9 Å². The molecule has 7 rings (SSSR count). The van der Waals surface area contributed by atoms with Crippen LogP contribution >= 0.6 is 23.2 Å². The summed E-state index contributed by atoms with van der Waals surface area (Å²) < 4.78 is 0.325. The van der Waals surface area contributed by atoms with Crippen LogP contribution in [0.25, 0.3) is 17.7 Å². The van der Waals surface area contributed by atoms with E-state index >= 15 is 0 Å². The molecule has 0 unspecified atom stereocenters. The lowest BCUT2D eigenvalue weighted by molar-refractivity contribution is 0.235. The van der Waals surface area contributed by atoms with Crippen LogP contribution in [0.2, 0.25) is 0 Å². The Bertz CT molecular complexity index is 1290. The SMILES string of the molecule is ClC(Cl)=Cc1cccc(=C2N(C3CCCCC3)C=CN2C2CCCCC2)c1=C1N(C2CCCCC2)C=CN1C1CCCCC1. The van der Waals surface area contributed by atoms with Crippen LogP contribution in [0.15, 0.2) is 47.5 Å². The summed E-state index contributed by atoms with van der Waals surface area (Å²) in [5, 5.41) is 2.66. The maximum atomic E-state index is 6.51. The molecular formula is C38H52Cl2N4. The highest BCUT2D eigenvalue weighted by molar-refractivity contribution is 6.57. The third-order valence-electron chi connectivity index (χ3n) is 11.5. The summed E-state index contributed by atoms with van der Waals surface area (Å²) in [5.74, 6) is 2.76. The van der Waals surface area contributed by atoms with Crippen molar-refractivity contribution in [3.8, 4) is 0 Å². The topological polar surface area (TPSA) is 13.0 Å². The fourth-order valence-corrected chi connectivity index (χ4v) is 9.47. The minimum absolute atomic E-state index is 0.325. The number of hydrogen-bond acceptors (Lipinski definition) is 4. The minimum atomic E-state index is 0.325. The summed E-state index contributed by atoms with van der Waals surface area (Å²) >= 11 is 13.0. The number of rotatable bonds is 5. The van der Waals surface area contributed by atoms with Gasteiger partial charge in [0, 0.05) is 59.4 Å². The van der Waals surface area contributed by atoms with Gasteiger partial charge in [0.25, 0.3) is 0 Å². The molecule has 0 spiro atoms. The van der Waals surface area contributed by atoms with Gasteiger partial charge < -0.3 is 19.6 Å². The number of halogens is 2. The summed E-state index contributed by atoms with van der Waals surface area (Å²) in [7, 11) is 0. The fraction of sp³-hybridized carbons (Fsp3) is 0.632. The Morgan fingerprint density at radius 2 is 0.864 bits per heavy atom. The molecule has 44 heavy (non-hydrogen) atoms. The molecule has 6 heteroatoms. The van der Waals surface area contributed by atoms with Gasteiger partial charge in [0.15, 0.2) is 0 Å². The highest BCUT2D eigenvalue weighted by Gasteiger charge is 2.36. The van der Waals surface area contributed by atoms with Crippen LogP contribution < -0.4 is 10.4 Å². The van der Waals surface area contributed by atoms with Crippen LogP contribution in [-0.2, 0) is 0 Å². The highest BCUT2D eigenvalue weighted by atomic mass is 35.5. The summed E-state index contributed by atoms with van der Waals surface area (Å²) in [4.78, 5) is 10.7. The molecule has 0 bridgehead atoms. The zero-order valence-corrected chi connectivity index (χ0v) is 28.1. The van der Waals surface area contributed by atoms with E-state index in [4.69, 9.17) is 23.2 Å². The number of hydrogen-bond donors (Lipinski definition) is 0. The van der Waals surface area contributed by atoms with Crippen molar-refractivity contribution in [1.82, 2.24) is 19.6 Å². The summed E-state index contributed by atoms with van der Waals surface area (Å²) in [6.45, 7) is 0. The summed E-state index contributed by atoms with van der Waals surface area (Å²) in [6.07, 6.45) is 37.9. The number of benzene rings is 1. The maximum Gasteiger partial charge on any atom is 0.121 e. The lowest BCUT2D eigenvalue weighted by atomic mass is 9.92. The zero-order valence-electron chi connectivity index (χ0n) is 26.6. The van der Waals surface area contributed by atoms with E-state index in [9.17, 15) is 0 Å². The van der Waals surface area contributed by atoms with E-state index in [0.29, 0.717) is 28.7 Å². The average molecular weight is 636 g/mol. The largest absolute Gasteiger partial charge is 0.329 e. The smallest absolute Gasteiger partial charge is 0.121 e. The third kappa shape index (κ3) is 6.32. The molecule has 1 aromatic carbocycles. The highest BCUT2D eigenvalue weighted by Crippen LogP contribution is 2.38. The van der Waals surface area contributed by atoms with Gasteiger partial charge in [-0.2, -0.15) is 0 Å². The van der Waals surface area contributed by atoms with Gasteiger partial charge in [-0.05, 0) is 63.0 Å². The van der Waals surface area contributed by atoms with Gasteiger partial charge in [0.05, 0.1) is 0 Å². The molecule has 0 atom stereocenters. The lowest BCUT2D eigenvalue weighted by Crippen LogP contribution is -2.48. The van der Waals surface area contributed by atoms with Gasteiger partial charge in [-0.1, -0.05) is 118 Å². The van der Waals surface area contributed by atoms with Crippen molar-refractivity contribution in [2.24, 2.45) is 0 Å². The molecule has 0 N–H and O–H groups in total. The predicted molar refractivity (Wildman–Crippen MR) is 185 cm³/mol. The molecule has 2 heterocycles. The standard InChI is InChI=1S/C38H52Cl2N4/c39-35(40)28-29-14-13-23-34(37-41(30-15-5-1-6-16-30)24-25-42(37)31-17-7-2-8-18-31)36(29)38-43(32-19-9-3-10-20-32)26-27-44(38)33-21-11-4-12-22-33/h13-14,23-28,30-33H,1-12,15-22H2. The first-order chi connectivity index (χ1) is 21.7. The van der Waals surface area contributed by atoms with Crippen LogP contribution in [0.1, 0.15) is 134 Å². The van der Waals surface area contributed by atoms with Gasteiger partial charge in [-0.15, -0.1) is 0 Å². The van der Waals surface area contributed by atoms with Gasteiger partial charge >= 0.3 is 0 Å². The van der Waals surface area contributed by atoms with Crippen LogP contribution in [0.4, 0.5) is 0 Å². The fourth-order valence-electron chi connectivity index (χ4n) is 9.23. The first-order valence-corrected chi connectivity index (χ1v) is 18.8. The van der Waals surface area contributed by atoms with Gasteiger partial charge in [0.1, 0.15) is 16.1 Å². The second-order valence-corrected chi connectivity index (χ2v) is 15.3. The van der Waals surface area contributed by atoms with Gasteiger partial charge in [0.2, 0.25) is 0 Å². The van der Waals surface area contributed by atoms with Crippen LogP contribution in [-0.4, -0.2) is 43.8 Å². The Labute approximate surface area is 275 Å². The Kier molecular flexibility index (Phi) is 9.85. The molecular weight excluding hydrogens is 583 g/mol. The van der Waals surface area contributed by atoms with E-state index in [1.807, 2.05) is 6.08 Å². The maximum absolute atomic E-state index is 6.51. The normalized spacial score (nSPS) is 24.7. The third-order valence-corrected chi connectivity index (χ3v) is 11.7. The Morgan fingerprint density at radius 3 is 1.23 bits per heavy atom. The van der Waals surface area contributed by atoms with Gasteiger partial charge in [-0.25, -0.2) is 0 Å². The molecule has 0 saturated heterocycles. The Balaban J connectivity index is 1.50. The van der Waals surface area contributed by atoms with E-state index in [1.54, 1.807) is 0 Å².